The summed E-state index contributed by atoms with van der Waals surface area (Å²) < 4.78 is 5.71. The molecule has 0 aliphatic carbocycles. The van der Waals surface area contributed by atoms with Crippen LogP contribution in [0.2, 0.25) is 0 Å². The number of nitrogens with two attached hydrogens (primary N) is 1. The molecule has 0 saturated carbocycles. The highest BCUT2D eigenvalue weighted by Gasteiger charge is 2.32. The van der Waals surface area contributed by atoms with Crippen molar-refractivity contribution in [2.24, 2.45) is 0 Å². The van der Waals surface area contributed by atoms with E-state index in [1.54, 1.807) is 4.90 Å². The maximum Gasteiger partial charge on any atom is 0.291 e. The van der Waals surface area contributed by atoms with E-state index in [0.717, 1.165) is 28.1 Å². The van der Waals surface area contributed by atoms with Gasteiger partial charge in [0.05, 0.1) is 12.5 Å². The van der Waals surface area contributed by atoms with Gasteiger partial charge >= 0.3 is 0 Å². The molecule has 30 heavy (non-hydrogen) atoms. The lowest BCUT2D eigenvalue weighted by Gasteiger charge is -2.26. The van der Waals surface area contributed by atoms with Crippen LogP contribution < -0.4 is 5.73 Å². The van der Waals surface area contributed by atoms with Gasteiger partial charge in [0.1, 0.15) is 11.5 Å². The van der Waals surface area contributed by atoms with E-state index in [9.17, 15) is 4.79 Å². The number of hydrogen-bond donors (Lipinski definition) is 2. The second kappa shape index (κ2) is 7.47. The Morgan fingerprint density at radius 3 is 2.33 bits per heavy atom. The lowest BCUT2D eigenvalue weighted by atomic mass is 9.85. The number of amides is 1. The van der Waals surface area contributed by atoms with Crippen LogP contribution in [-0.2, 0) is 13.0 Å². The van der Waals surface area contributed by atoms with E-state index in [-0.39, 0.29) is 23.6 Å². The molecule has 4 aromatic rings. The van der Waals surface area contributed by atoms with E-state index in [2.05, 4.69) is 44.6 Å². The number of anilines is 1. The van der Waals surface area contributed by atoms with Gasteiger partial charge in [-0.3, -0.25) is 9.89 Å². The molecule has 0 fully saturated rings. The van der Waals surface area contributed by atoms with Crippen LogP contribution in [0.5, 0.6) is 0 Å². The lowest BCUT2D eigenvalue weighted by molar-refractivity contribution is 0.0716. The van der Waals surface area contributed by atoms with Crippen LogP contribution in [0, 0.1) is 0 Å². The van der Waals surface area contributed by atoms with Gasteiger partial charge in [0, 0.05) is 18.5 Å². The summed E-state index contributed by atoms with van der Waals surface area (Å²) in [6, 6.07) is 20.4. The van der Waals surface area contributed by atoms with Crippen LogP contribution in [0.25, 0.3) is 0 Å². The molecule has 5 rings (SSSR count). The van der Waals surface area contributed by atoms with Crippen LogP contribution in [0.3, 0.4) is 0 Å². The molecule has 0 saturated heterocycles. The predicted molar refractivity (Wildman–Crippen MR) is 110 cm³/mol. The van der Waals surface area contributed by atoms with Crippen LogP contribution >= 0.6 is 0 Å². The molecule has 1 aliphatic heterocycles. The van der Waals surface area contributed by atoms with Gasteiger partial charge in [-0.25, -0.2) is 0 Å². The molecule has 3 heterocycles. The third-order valence-electron chi connectivity index (χ3n) is 5.39. The Bertz CT molecular complexity index is 1130. The highest BCUT2D eigenvalue weighted by molar-refractivity contribution is 5.90. The summed E-state index contributed by atoms with van der Waals surface area (Å²) in [5.41, 5.74) is 9.56. The minimum Gasteiger partial charge on any atom is -0.366 e. The van der Waals surface area contributed by atoms with Crippen LogP contribution in [0.15, 0.2) is 65.2 Å². The highest BCUT2D eigenvalue weighted by Crippen LogP contribution is 2.36. The molecule has 0 radical (unpaired) electrons. The van der Waals surface area contributed by atoms with Gasteiger partial charge in [0.2, 0.25) is 11.8 Å². The van der Waals surface area contributed by atoms with Gasteiger partial charge in [0.15, 0.2) is 0 Å². The van der Waals surface area contributed by atoms with Crippen molar-refractivity contribution in [3.63, 3.8) is 0 Å². The third-order valence-corrected chi connectivity index (χ3v) is 5.39. The van der Waals surface area contributed by atoms with Crippen LogP contribution in [0.1, 0.15) is 44.7 Å². The monoisotopic (exact) mass is 400 g/mol. The second-order valence-electron chi connectivity index (χ2n) is 7.24. The quantitative estimate of drug-likeness (QED) is 0.544. The summed E-state index contributed by atoms with van der Waals surface area (Å²) in [6.45, 7) is 0.909. The first-order chi connectivity index (χ1) is 14.7. The standard InChI is InChI=1S/C22H20N6O2/c23-22-24-20(25-26-22)21(29)28-12-11-17-16(13-28)19(27-30-17)18(14-7-3-1-4-8-14)15-9-5-2-6-10-15/h1-10,18H,11-13H2,(H3,23,24,25,26). The number of nitrogen functional groups attached to an aromatic ring is 1. The highest BCUT2D eigenvalue weighted by atomic mass is 16.5. The van der Waals surface area contributed by atoms with Gasteiger partial charge in [-0.15, -0.1) is 5.10 Å². The first-order valence-electron chi connectivity index (χ1n) is 9.75. The Labute approximate surface area is 172 Å². The molecular formula is C22H20N6O2. The normalized spacial score (nSPS) is 13.4. The van der Waals surface area contributed by atoms with Crippen molar-refractivity contribution in [1.82, 2.24) is 25.2 Å². The van der Waals surface area contributed by atoms with E-state index in [1.165, 1.54) is 0 Å². The molecular weight excluding hydrogens is 380 g/mol. The number of benzene rings is 2. The smallest absolute Gasteiger partial charge is 0.291 e. The van der Waals surface area contributed by atoms with E-state index >= 15 is 0 Å². The molecule has 1 amide bonds. The number of carbonyl (C=O) groups excluding carboxylic acids is 1. The number of aromatic amines is 1. The zero-order valence-corrected chi connectivity index (χ0v) is 16.2. The van der Waals surface area contributed by atoms with E-state index in [4.69, 9.17) is 10.3 Å². The lowest BCUT2D eigenvalue weighted by Crippen LogP contribution is -2.36. The summed E-state index contributed by atoms with van der Waals surface area (Å²) in [6.07, 6.45) is 0.591. The molecule has 150 valence electrons. The van der Waals surface area contributed by atoms with Crippen molar-refractivity contribution in [1.29, 1.82) is 0 Å². The van der Waals surface area contributed by atoms with Gasteiger partial charge in [-0.2, -0.15) is 4.98 Å². The van der Waals surface area contributed by atoms with Gasteiger partial charge in [0.25, 0.3) is 5.91 Å². The molecule has 8 nitrogen and oxygen atoms in total. The fraction of sp³-hybridized carbons (Fsp3) is 0.182. The van der Waals surface area contributed by atoms with E-state index < -0.39 is 0 Å². The van der Waals surface area contributed by atoms with Crippen molar-refractivity contribution >= 4 is 11.9 Å². The Balaban J connectivity index is 1.53. The molecule has 0 atom stereocenters. The van der Waals surface area contributed by atoms with Crippen LogP contribution in [0.4, 0.5) is 5.95 Å². The van der Waals surface area contributed by atoms with Crippen molar-refractivity contribution in [3.05, 3.63) is 94.6 Å². The molecule has 0 unspecified atom stereocenters. The number of fused-ring (bicyclic) bond motifs is 1. The SMILES string of the molecule is Nc1n[nH]c(C(=O)N2CCc3onc(C(c4ccccc4)c4ccccc4)c3C2)n1. The number of rotatable bonds is 4. The Morgan fingerprint density at radius 2 is 1.73 bits per heavy atom. The number of H-pyrrole nitrogens is 1. The summed E-state index contributed by atoms with van der Waals surface area (Å²) >= 11 is 0. The minimum absolute atomic E-state index is 0.0509. The summed E-state index contributed by atoms with van der Waals surface area (Å²) in [5.74, 6) is 0.679. The van der Waals surface area contributed by atoms with Crippen LogP contribution in [-0.4, -0.2) is 37.7 Å². The summed E-state index contributed by atoms with van der Waals surface area (Å²) in [4.78, 5) is 18.5. The zero-order valence-electron chi connectivity index (χ0n) is 16.2. The topological polar surface area (TPSA) is 114 Å². The van der Waals surface area contributed by atoms with E-state index in [1.807, 2.05) is 36.4 Å². The van der Waals surface area contributed by atoms with Gasteiger partial charge in [-0.05, 0) is 11.1 Å². The number of hydrogen-bond acceptors (Lipinski definition) is 6. The average molecular weight is 400 g/mol. The molecule has 2 aromatic carbocycles. The Kier molecular flexibility index (Phi) is 4.51. The molecule has 0 spiro atoms. The first-order valence-corrected chi connectivity index (χ1v) is 9.75. The van der Waals surface area contributed by atoms with Gasteiger partial charge < -0.3 is 15.2 Å². The maximum absolute atomic E-state index is 12.9. The zero-order chi connectivity index (χ0) is 20.5. The molecule has 8 heteroatoms. The number of aromatic nitrogens is 4. The maximum atomic E-state index is 12.9. The third kappa shape index (κ3) is 3.22. The number of nitrogens with zero attached hydrogens (tertiary/aromatic N) is 4. The number of carbonyl (C=O) groups is 1. The summed E-state index contributed by atoms with van der Waals surface area (Å²) in [7, 11) is 0. The minimum atomic E-state index is -0.243. The number of nitrogens with one attached hydrogen (secondary N) is 1. The van der Waals surface area contributed by atoms with Crippen molar-refractivity contribution < 1.29 is 9.32 Å². The molecule has 1 aliphatic rings. The molecule has 0 bridgehead atoms. The van der Waals surface area contributed by atoms with Crippen molar-refractivity contribution in [2.45, 2.75) is 18.9 Å². The summed E-state index contributed by atoms with van der Waals surface area (Å²) in [5, 5.41) is 10.8. The predicted octanol–water partition coefficient (Wildman–Crippen LogP) is 2.75. The van der Waals surface area contributed by atoms with Crippen molar-refractivity contribution in [3.8, 4) is 0 Å². The van der Waals surface area contributed by atoms with Gasteiger partial charge in [-0.1, -0.05) is 65.8 Å². The Hall–Kier alpha value is -3.94. The van der Waals surface area contributed by atoms with Crippen molar-refractivity contribution in [2.75, 3.05) is 12.3 Å². The second-order valence-corrected chi connectivity index (χ2v) is 7.24. The largest absolute Gasteiger partial charge is 0.366 e. The Morgan fingerprint density at radius 1 is 1.07 bits per heavy atom. The fourth-order valence-corrected chi connectivity index (χ4v) is 3.95. The van der Waals surface area contributed by atoms with E-state index in [0.29, 0.717) is 19.5 Å². The fourth-order valence-electron chi connectivity index (χ4n) is 3.95. The average Bonchev–Trinajstić information content (AvgIpc) is 3.41. The molecule has 2 aromatic heterocycles. The molecule has 3 N–H and O–H groups in total. The first kappa shape index (κ1) is 18.1.